The Labute approximate surface area is 129 Å². The summed E-state index contributed by atoms with van der Waals surface area (Å²) in [7, 11) is 0. The molecule has 1 N–H and O–H groups in total. The van der Waals surface area contributed by atoms with Crippen molar-refractivity contribution < 1.29 is 18.7 Å². The number of likely N-dealkylation sites (tertiary alicyclic amines) is 1. The van der Waals surface area contributed by atoms with E-state index >= 15 is 0 Å². The number of benzene rings is 1. The second-order valence-corrected chi connectivity index (χ2v) is 5.43. The Kier molecular flexibility index (Phi) is 5.35. The van der Waals surface area contributed by atoms with Gasteiger partial charge in [-0.25, -0.2) is 9.18 Å². The van der Waals surface area contributed by atoms with Crippen LogP contribution < -0.4 is 5.32 Å². The molecule has 1 aromatic rings. The molecule has 1 atom stereocenters. The number of rotatable bonds is 3. The van der Waals surface area contributed by atoms with Crippen molar-refractivity contribution in [1.82, 2.24) is 4.90 Å². The number of ether oxygens (including phenoxy) is 1. The molecule has 0 spiro atoms. The van der Waals surface area contributed by atoms with Crippen molar-refractivity contribution in [2.75, 3.05) is 25.0 Å². The number of hydrogen-bond acceptors (Lipinski definition) is 3. The Hall–Kier alpha value is -2.11. The minimum Gasteiger partial charge on any atom is -0.466 e. The number of aryl methyl sites for hydroxylation is 1. The lowest BCUT2D eigenvalue weighted by Crippen LogP contribution is -2.44. The molecule has 0 radical (unpaired) electrons. The summed E-state index contributed by atoms with van der Waals surface area (Å²) >= 11 is 0. The van der Waals surface area contributed by atoms with Gasteiger partial charge in [-0.15, -0.1) is 0 Å². The van der Waals surface area contributed by atoms with E-state index in [0.29, 0.717) is 30.9 Å². The van der Waals surface area contributed by atoms with Crippen LogP contribution in [-0.4, -0.2) is 36.6 Å². The Morgan fingerprint density at radius 2 is 2.23 bits per heavy atom. The molecule has 1 fully saturated rings. The summed E-state index contributed by atoms with van der Waals surface area (Å²) < 4.78 is 18.5. The minimum absolute atomic E-state index is 0.263. The molecule has 1 unspecified atom stereocenters. The highest BCUT2D eigenvalue weighted by Gasteiger charge is 2.29. The van der Waals surface area contributed by atoms with Crippen LogP contribution in [0.15, 0.2) is 18.2 Å². The summed E-state index contributed by atoms with van der Waals surface area (Å²) in [6.07, 6.45) is 1.47. The van der Waals surface area contributed by atoms with E-state index in [-0.39, 0.29) is 23.7 Å². The first kappa shape index (κ1) is 16.3. The van der Waals surface area contributed by atoms with Crippen LogP contribution in [0.2, 0.25) is 0 Å². The predicted octanol–water partition coefficient (Wildman–Crippen LogP) is 2.94. The van der Waals surface area contributed by atoms with E-state index in [0.717, 1.165) is 12.8 Å². The molecule has 0 bridgehead atoms. The van der Waals surface area contributed by atoms with Gasteiger partial charge >= 0.3 is 12.0 Å². The zero-order valence-electron chi connectivity index (χ0n) is 12.9. The number of anilines is 1. The fraction of sp³-hybridized carbons (Fsp3) is 0.500. The Bertz CT molecular complexity index is 562. The Morgan fingerprint density at radius 1 is 1.45 bits per heavy atom. The highest BCUT2D eigenvalue weighted by molar-refractivity contribution is 5.89. The Morgan fingerprint density at radius 3 is 2.91 bits per heavy atom. The van der Waals surface area contributed by atoms with Gasteiger partial charge in [-0.2, -0.15) is 0 Å². The van der Waals surface area contributed by atoms with Gasteiger partial charge in [-0.05, 0) is 44.4 Å². The Balaban J connectivity index is 1.96. The van der Waals surface area contributed by atoms with Crippen LogP contribution in [-0.2, 0) is 9.53 Å². The number of amides is 2. The first-order valence-corrected chi connectivity index (χ1v) is 7.50. The summed E-state index contributed by atoms with van der Waals surface area (Å²) in [6, 6.07) is 4.24. The number of carbonyl (C=O) groups excluding carboxylic acids is 2. The lowest BCUT2D eigenvalue weighted by atomic mass is 9.98. The molecule has 2 amide bonds. The summed E-state index contributed by atoms with van der Waals surface area (Å²) in [5, 5.41) is 2.67. The van der Waals surface area contributed by atoms with Crippen LogP contribution in [0, 0.1) is 18.7 Å². The number of esters is 1. The molecule has 0 aromatic heterocycles. The summed E-state index contributed by atoms with van der Waals surface area (Å²) in [5.74, 6) is -0.906. The smallest absolute Gasteiger partial charge is 0.321 e. The van der Waals surface area contributed by atoms with Crippen molar-refractivity contribution in [2.45, 2.75) is 26.7 Å². The molecular weight excluding hydrogens is 287 g/mol. The van der Waals surface area contributed by atoms with Gasteiger partial charge in [-0.1, -0.05) is 6.07 Å². The number of halogens is 1. The van der Waals surface area contributed by atoms with E-state index in [2.05, 4.69) is 5.32 Å². The van der Waals surface area contributed by atoms with Crippen molar-refractivity contribution in [3.05, 3.63) is 29.6 Å². The van der Waals surface area contributed by atoms with Crippen molar-refractivity contribution >= 4 is 17.7 Å². The van der Waals surface area contributed by atoms with Crippen LogP contribution >= 0.6 is 0 Å². The van der Waals surface area contributed by atoms with Gasteiger partial charge in [0.25, 0.3) is 0 Å². The number of carbonyl (C=O) groups is 2. The normalized spacial score (nSPS) is 18.0. The number of nitrogens with zero attached hydrogens (tertiary/aromatic N) is 1. The van der Waals surface area contributed by atoms with Gasteiger partial charge in [0.15, 0.2) is 0 Å². The maximum absolute atomic E-state index is 13.5. The molecular formula is C16H21FN2O3. The zero-order valence-corrected chi connectivity index (χ0v) is 12.9. The topological polar surface area (TPSA) is 58.6 Å². The maximum atomic E-state index is 13.5. The molecule has 1 aliphatic rings. The largest absolute Gasteiger partial charge is 0.466 e. The van der Waals surface area contributed by atoms with Crippen LogP contribution in [0.3, 0.4) is 0 Å². The van der Waals surface area contributed by atoms with Crippen LogP contribution in [0.4, 0.5) is 14.9 Å². The molecule has 1 saturated heterocycles. The highest BCUT2D eigenvalue weighted by atomic mass is 19.1. The monoisotopic (exact) mass is 308 g/mol. The zero-order chi connectivity index (χ0) is 16.1. The van der Waals surface area contributed by atoms with Gasteiger partial charge in [0.2, 0.25) is 0 Å². The molecule has 1 heterocycles. The number of piperidine rings is 1. The molecule has 1 aliphatic heterocycles. The third-order valence-corrected chi connectivity index (χ3v) is 3.75. The number of hydrogen-bond donors (Lipinski definition) is 1. The lowest BCUT2D eigenvalue weighted by Gasteiger charge is -2.31. The van der Waals surface area contributed by atoms with E-state index in [1.807, 2.05) is 0 Å². The standard InChI is InChI=1S/C16H21FN2O3/c1-3-22-15(20)12-5-4-8-19(10-12)16(21)18-13-7-6-11(2)14(17)9-13/h6-7,9,12H,3-5,8,10H2,1-2H3,(H,18,21). The summed E-state index contributed by atoms with van der Waals surface area (Å²) in [5.41, 5.74) is 0.935. The third-order valence-electron chi connectivity index (χ3n) is 3.75. The van der Waals surface area contributed by atoms with Gasteiger partial charge in [-0.3, -0.25) is 4.79 Å². The minimum atomic E-state index is -0.360. The summed E-state index contributed by atoms with van der Waals surface area (Å²) in [6.45, 7) is 4.67. The molecule has 120 valence electrons. The number of urea groups is 1. The lowest BCUT2D eigenvalue weighted by molar-refractivity contribution is -0.149. The van der Waals surface area contributed by atoms with E-state index in [1.54, 1.807) is 30.9 Å². The highest BCUT2D eigenvalue weighted by Crippen LogP contribution is 2.20. The quantitative estimate of drug-likeness (QED) is 0.873. The average molecular weight is 308 g/mol. The van der Waals surface area contributed by atoms with Gasteiger partial charge < -0.3 is 15.0 Å². The van der Waals surface area contributed by atoms with E-state index < -0.39 is 0 Å². The SMILES string of the molecule is CCOC(=O)C1CCCN(C(=O)Nc2ccc(C)c(F)c2)C1. The first-order valence-electron chi connectivity index (χ1n) is 7.50. The van der Waals surface area contributed by atoms with Crippen molar-refractivity contribution in [3.63, 3.8) is 0 Å². The van der Waals surface area contributed by atoms with Gasteiger partial charge in [0, 0.05) is 18.8 Å². The van der Waals surface area contributed by atoms with E-state index in [4.69, 9.17) is 4.74 Å². The van der Waals surface area contributed by atoms with E-state index in [9.17, 15) is 14.0 Å². The van der Waals surface area contributed by atoms with Crippen LogP contribution in [0.1, 0.15) is 25.3 Å². The molecule has 22 heavy (non-hydrogen) atoms. The van der Waals surface area contributed by atoms with E-state index in [1.165, 1.54) is 6.07 Å². The molecule has 1 aromatic carbocycles. The number of nitrogens with one attached hydrogen (secondary N) is 1. The third kappa shape index (κ3) is 3.96. The fourth-order valence-corrected chi connectivity index (χ4v) is 2.49. The van der Waals surface area contributed by atoms with Crippen molar-refractivity contribution in [2.24, 2.45) is 5.92 Å². The second kappa shape index (κ2) is 7.24. The molecule has 5 nitrogen and oxygen atoms in total. The van der Waals surface area contributed by atoms with Gasteiger partial charge in [0.05, 0.1) is 12.5 Å². The van der Waals surface area contributed by atoms with Crippen LogP contribution in [0.5, 0.6) is 0 Å². The molecule has 0 saturated carbocycles. The maximum Gasteiger partial charge on any atom is 0.321 e. The van der Waals surface area contributed by atoms with Crippen LogP contribution in [0.25, 0.3) is 0 Å². The second-order valence-electron chi connectivity index (χ2n) is 5.43. The van der Waals surface area contributed by atoms with Crippen molar-refractivity contribution in [1.29, 1.82) is 0 Å². The average Bonchev–Trinajstić information content (AvgIpc) is 2.51. The molecule has 2 rings (SSSR count). The summed E-state index contributed by atoms with van der Waals surface area (Å²) in [4.78, 5) is 25.6. The molecule has 6 heteroatoms. The van der Waals surface area contributed by atoms with Crippen molar-refractivity contribution in [3.8, 4) is 0 Å². The fourth-order valence-electron chi connectivity index (χ4n) is 2.49. The molecule has 0 aliphatic carbocycles. The predicted molar refractivity (Wildman–Crippen MR) is 81.1 cm³/mol. The first-order chi connectivity index (χ1) is 10.5. The van der Waals surface area contributed by atoms with Gasteiger partial charge in [0.1, 0.15) is 5.82 Å².